The topological polar surface area (TPSA) is 123 Å². The minimum atomic E-state index is -0.160. The first-order chi connectivity index (χ1) is 13.1. The summed E-state index contributed by atoms with van der Waals surface area (Å²) in [7, 11) is 0. The first-order valence-corrected chi connectivity index (χ1v) is 9.02. The molecule has 0 aliphatic rings. The summed E-state index contributed by atoms with van der Waals surface area (Å²) >= 11 is 1.18. The van der Waals surface area contributed by atoms with Gasteiger partial charge >= 0.3 is 0 Å². The van der Waals surface area contributed by atoms with E-state index in [1.54, 1.807) is 6.20 Å². The van der Waals surface area contributed by atoms with Crippen LogP contribution >= 0.6 is 11.8 Å². The van der Waals surface area contributed by atoms with E-state index in [0.29, 0.717) is 10.9 Å². The van der Waals surface area contributed by atoms with Crippen LogP contribution in [0.3, 0.4) is 0 Å². The lowest BCUT2D eigenvalue weighted by molar-refractivity contribution is -0.113. The molecule has 2 aromatic heterocycles. The number of hydrogen-bond donors (Lipinski definition) is 3. The zero-order chi connectivity index (χ0) is 19.1. The maximum atomic E-state index is 12.0. The maximum absolute atomic E-state index is 12.0. The quantitative estimate of drug-likeness (QED) is 0.247. The summed E-state index contributed by atoms with van der Waals surface area (Å²) in [5.74, 6) is 6.21. The van der Waals surface area contributed by atoms with E-state index in [-0.39, 0.29) is 17.6 Å². The fraction of sp³-hybridized carbons (Fsp3) is 0.118. The van der Waals surface area contributed by atoms with Crippen LogP contribution < -0.4 is 16.6 Å². The van der Waals surface area contributed by atoms with Gasteiger partial charge in [0.2, 0.25) is 11.1 Å². The molecule has 3 aromatic rings. The Kier molecular flexibility index (Phi) is 6.00. The Morgan fingerprint density at radius 1 is 1.19 bits per heavy atom. The fourth-order valence-electron chi connectivity index (χ4n) is 2.07. The highest BCUT2D eigenvalue weighted by molar-refractivity contribution is 7.99. The number of nitrogens with two attached hydrogens (primary N) is 1. The molecule has 3 rings (SSSR count). The number of nitrogens with zero attached hydrogens (tertiary/aromatic N) is 5. The molecule has 0 bridgehead atoms. The van der Waals surface area contributed by atoms with E-state index in [9.17, 15) is 4.79 Å². The molecule has 0 aliphatic carbocycles. The van der Waals surface area contributed by atoms with Crippen molar-refractivity contribution < 1.29 is 4.79 Å². The van der Waals surface area contributed by atoms with Gasteiger partial charge < -0.3 is 11.2 Å². The number of hydrogen-bond acceptors (Lipinski definition) is 8. The number of nitrogens with one attached hydrogen (secondary N) is 2. The molecule has 0 fully saturated rings. The highest BCUT2D eigenvalue weighted by atomic mass is 32.2. The number of amides is 1. The second-order valence-electron chi connectivity index (χ2n) is 5.40. The third-order valence-electron chi connectivity index (χ3n) is 3.41. The summed E-state index contributed by atoms with van der Waals surface area (Å²) in [5.41, 5.74) is 4.91. The van der Waals surface area contributed by atoms with Crippen LogP contribution in [0.5, 0.6) is 0 Å². The third-order valence-corrected chi connectivity index (χ3v) is 4.36. The number of carbonyl (C=O) groups is 1. The Labute approximate surface area is 160 Å². The van der Waals surface area contributed by atoms with Gasteiger partial charge in [0.25, 0.3) is 5.95 Å². The molecule has 0 saturated heterocycles. The zero-order valence-electron chi connectivity index (χ0n) is 14.5. The lowest BCUT2D eigenvalue weighted by Crippen LogP contribution is -2.17. The van der Waals surface area contributed by atoms with Crippen LogP contribution in [0.1, 0.15) is 12.6 Å². The number of benzene rings is 1. The van der Waals surface area contributed by atoms with Crippen molar-refractivity contribution in [3.63, 3.8) is 0 Å². The highest BCUT2D eigenvalue weighted by Crippen LogP contribution is 2.17. The van der Waals surface area contributed by atoms with Crippen LogP contribution in [0, 0.1) is 0 Å². The molecule has 9 nitrogen and oxygen atoms in total. The van der Waals surface area contributed by atoms with Crippen LogP contribution in [0.2, 0.25) is 0 Å². The van der Waals surface area contributed by atoms with E-state index in [1.165, 1.54) is 16.4 Å². The summed E-state index contributed by atoms with van der Waals surface area (Å²) in [4.78, 5) is 16.2. The molecule has 4 N–H and O–H groups in total. The van der Waals surface area contributed by atoms with Crippen molar-refractivity contribution in [1.29, 1.82) is 0 Å². The standard InChI is InChI=1S/C17H18N8OS/c1-12(14-9-5-6-10-19-14)21-22-16-23-24-17(25(16)18)27-11-15(26)20-13-7-3-2-4-8-13/h2-10H,11,18H2,1H3,(H,20,26)(H,22,23)/b21-12+. The van der Waals surface area contributed by atoms with Gasteiger partial charge in [0.1, 0.15) is 0 Å². The number of thioether (sulfide) groups is 1. The Bertz CT molecular complexity index is 927. The van der Waals surface area contributed by atoms with Crippen molar-refractivity contribution in [2.45, 2.75) is 12.1 Å². The number of carbonyl (C=O) groups excluding carboxylic acids is 1. The van der Waals surface area contributed by atoms with Gasteiger partial charge in [0.05, 0.1) is 17.2 Å². The first-order valence-electron chi connectivity index (χ1n) is 8.03. The molecule has 0 unspecified atom stereocenters. The Balaban J connectivity index is 1.56. The van der Waals surface area contributed by atoms with Crippen LogP contribution in [-0.4, -0.2) is 37.2 Å². The molecule has 1 aromatic carbocycles. The van der Waals surface area contributed by atoms with E-state index in [4.69, 9.17) is 5.84 Å². The summed E-state index contributed by atoms with van der Waals surface area (Å²) in [6, 6.07) is 14.8. The van der Waals surface area contributed by atoms with E-state index >= 15 is 0 Å². The first kappa shape index (κ1) is 18.4. The molecule has 10 heteroatoms. The van der Waals surface area contributed by atoms with Crippen LogP contribution in [-0.2, 0) is 4.79 Å². The number of para-hydroxylation sites is 1. The number of aromatic nitrogens is 4. The molecule has 0 atom stereocenters. The normalized spacial score (nSPS) is 11.2. The van der Waals surface area contributed by atoms with Crippen molar-refractivity contribution in [1.82, 2.24) is 19.9 Å². The Morgan fingerprint density at radius 3 is 2.70 bits per heavy atom. The second kappa shape index (κ2) is 8.81. The SMILES string of the molecule is C/C(=N\Nc1nnc(SCC(=O)Nc2ccccc2)n1N)c1ccccn1. The summed E-state index contributed by atoms with van der Waals surface area (Å²) in [5, 5.41) is 15.3. The maximum Gasteiger partial charge on any atom is 0.264 e. The lowest BCUT2D eigenvalue weighted by Gasteiger charge is -2.05. The Hall–Kier alpha value is -3.40. The number of pyridine rings is 1. The van der Waals surface area contributed by atoms with Gasteiger partial charge in [-0.1, -0.05) is 36.0 Å². The van der Waals surface area contributed by atoms with Crippen LogP contribution in [0.15, 0.2) is 65.0 Å². The number of nitrogen functional groups attached to an aromatic ring is 1. The van der Waals surface area contributed by atoms with E-state index in [0.717, 1.165) is 11.4 Å². The number of hydrazone groups is 1. The highest BCUT2D eigenvalue weighted by Gasteiger charge is 2.12. The predicted molar refractivity (Wildman–Crippen MR) is 106 cm³/mol. The Morgan fingerprint density at radius 2 is 1.96 bits per heavy atom. The largest absolute Gasteiger partial charge is 0.334 e. The van der Waals surface area contributed by atoms with Crippen molar-refractivity contribution in [2.75, 3.05) is 22.3 Å². The molecule has 27 heavy (non-hydrogen) atoms. The molecule has 1 amide bonds. The van der Waals surface area contributed by atoms with Crippen LogP contribution in [0.4, 0.5) is 11.6 Å². The summed E-state index contributed by atoms with van der Waals surface area (Å²) in [6.07, 6.45) is 1.69. The van der Waals surface area contributed by atoms with Gasteiger partial charge in [-0.15, -0.1) is 10.2 Å². The fourth-order valence-corrected chi connectivity index (χ4v) is 2.72. The van der Waals surface area contributed by atoms with Gasteiger partial charge in [-0.3, -0.25) is 9.78 Å². The van der Waals surface area contributed by atoms with Gasteiger partial charge in [-0.25, -0.2) is 10.1 Å². The lowest BCUT2D eigenvalue weighted by atomic mass is 10.3. The van der Waals surface area contributed by atoms with Gasteiger partial charge in [-0.05, 0) is 31.2 Å². The minimum Gasteiger partial charge on any atom is -0.334 e. The number of rotatable bonds is 7. The van der Waals surface area contributed by atoms with Crippen molar-refractivity contribution in [3.05, 3.63) is 60.4 Å². The van der Waals surface area contributed by atoms with Crippen molar-refractivity contribution >= 4 is 35.0 Å². The summed E-state index contributed by atoms with van der Waals surface area (Å²) < 4.78 is 1.25. The summed E-state index contributed by atoms with van der Waals surface area (Å²) in [6.45, 7) is 1.82. The van der Waals surface area contributed by atoms with Gasteiger partial charge in [-0.2, -0.15) is 5.10 Å². The zero-order valence-corrected chi connectivity index (χ0v) is 15.3. The average molecular weight is 382 g/mol. The predicted octanol–water partition coefficient (Wildman–Crippen LogP) is 1.95. The van der Waals surface area contributed by atoms with Gasteiger partial charge in [0.15, 0.2) is 0 Å². The molecule has 138 valence electrons. The van der Waals surface area contributed by atoms with Crippen molar-refractivity contribution in [3.8, 4) is 0 Å². The molecule has 0 radical (unpaired) electrons. The van der Waals surface area contributed by atoms with E-state index < -0.39 is 0 Å². The molecule has 2 heterocycles. The third kappa shape index (κ3) is 5.05. The number of anilines is 2. The average Bonchev–Trinajstić information content (AvgIpc) is 3.05. The van der Waals surface area contributed by atoms with Gasteiger partial charge in [0, 0.05) is 11.9 Å². The minimum absolute atomic E-state index is 0.153. The molecular formula is C17H18N8OS. The van der Waals surface area contributed by atoms with E-state index in [1.807, 2.05) is 55.5 Å². The van der Waals surface area contributed by atoms with Crippen molar-refractivity contribution in [2.24, 2.45) is 5.10 Å². The second-order valence-corrected chi connectivity index (χ2v) is 6.35. The molecule has 0 saturated carbocycles. The molecule has 0 spiro atoms. The molecular weight excluding hydrogens is 364 g/mol. The smallest absolute Gasteiger partial charge is 0.264 e. The monoisotopic (exact) mass is 382 g/mol. The van der Waals surface area contributed by atoms with E-state index in [2.05, 4.69) is 31.0 Å². The molecule has 0 aliphatic heterocycles. The van der Waals surface area contributed by atoms with Crippen LogP contribution in [0.25, 0.3) is 0 Å².